The van der Waals surface area contributed by atoms with Crippen LogP contribution in [0.2, 0.25) is 0 Å². The van der Waals surface area contributed by atoms with Gasteiger partial charge < -0.3 is 34.4 Å². The first kappa shape index (κ1) is 58.3. The van der Waals surface area contributed by atoms with Gasteiger partial charge in [0.25, 0.3) is 0 Å². The van der Waals surface area contributed by atoms with Crippen molar-refractivity contribution in [3.63, 3.8) is 0 Å². The summed E-state index contributed by atoms with van der Waals surface area (Å²) in [5.74, 6) is -2.58. The van der Waals surface area contributed by atoms with Crippen LogP contribution in [0.1, 0.15) is 91.7 Å². The number of carbonyl (C=O) groups is 6. The number of ketones is 1. The molecular formula is C50H75F3N4O10. The van der Waals surface area contributed by atoms with Gasteiger partial charge in [-0.1, -0.05) is 97.4 Å². The molecule has 1 aliphatic rings. The zero-order valence-corrected chi connectivity index (χ0v) is 41.4. The molecule has 0 spiro atoms. The van der Waals surface area contributed by atoms with Gasteiger partial charge >= 0.3 is 12.1 Å². The van der Waals surface area contributed by atoms with Crippen LogP contribution in [-0.4, -0.2) is 140 Å². The van der Waals surface area contributed by atoms with Crippen LogP contribution in [0.15, 0.2) is 54.6 Å². The minimum absolute atomic E-state index is 0.000876. The summed E-state index contributed by atoms with van der Waals surface area (Å²) < 4.78 is 48.3. The van der Waals surface area contributed by atoms with Crippen molar-refractivity contribution in [1.82, 2.24) is 20.0 Å². The fourth-order valence-electron chi connectivity index (χ4n) is 9.12. The maximum Gasteiger partial charge on any atom is 0.446 e. The molecule has 2 aromatic carbocycles. The summed E-state index contributed by atoms with van der Waals surface area (Å²) in [7, 11) is 8.05. The zero-order valence-electron chi connectivity index (χ0n) is 41.4. The molecule has 0 aliphatic carbocycles. The molecule has 1 heterocycles. The molecule has 1 aliphatic heterocycles. The maximum absolute atomic E-state index is 14.6. The van der Waals surface area contributed by atoms with Gasteiger partial charge in [0.1, 0.15) is 11.8 Å². The molecule has 1 saturated heterocycles. The topological polar surface area (TPSA) is 172 Å². The first-order valence-electron chi connectivity index (χ1n) is 23.0. The monoisotopic (exact) mass is 949 g/mol. The van der Waals surface area contributed by atoms with Crippen LogP contribution < -0.4 is 5.32 Å². The molecule has 0 bridgehead atoms. The maximum atomic E-state index is 14.6. The number of Topliss-reactive ketones (excluding diaryl/α,β-unsaturated/α-hetero) is 1. The molecule has 376 valence electrons. The minimum atomic E-state index is -4.64. The van der Waals surface area contributed by atoms with Gasteiger partial charge in [0.15, 0.2) is 5.78 Å². The fraction of sp³-hybridized carbons (Fsp3) is 0.640. The van der Waals surface area contributed by atoms with Crippen LogP contribution in [0.25, 0.3) is 0 Å². The summed E-state index contributed by atoms with van der Waals surface area (Å²) >= 11 is 0. The molecule has 0 unspecified atom stereocenters. The molecule has 1 fully saturated rings. The Bertz CT molecular complexity index is 1870. The minimum Gasteiger partial charge on any atom is -0.508 e. The largest absolute Gasteiger partial charge is 0.508 e. The van der Waals surface area contributed by atoms with Crippen LogP contribution in [0, 0.1) is 29.6 Å². The summed E-state index contributed by atoms with van der Waals surface area (Å²) in [6.45, 7) is 14.8. The molecule has 0 radical (unpaired) electrons. The Morgan fingerprint density at radius 3 is 1.97 bits per heavy atom. The number of phenolic OH excluding ortho intramolecular Hbond substituents is 1. The Labute approximate surface area is 395 Å². The van der Waals surface area contributed by atoms with E-state index in [0.29, 0.717) is 19.5 Å². The highest BCUT2D eigenvalue weighted by Crippen LogP contribution is 2.31. The van der Waals surface area contributed by atoms with Crippen molar-refractivity contribution >= 4 is 35.8 Å². The third-order valence-corrected chi connectivity index (χ3v) is 12.8. The fourth-order valence-corrected chi connectivity index (χ4v) is 9.12. The number of benzene rings is 2. The summed E-state index contributed by atoms with van der Waals surface area (Å²) in [6, 6.07) is 14.1. The van der Waals surface area contributed by atoms with E-state index >= 15 is 0 Å². The second-order valence-electron chi connectivity index (χ2n) is 18.3. The number of likely N-dealkylation sites (N-methyl/N-ethyl adjacent to an activating group) is 2. The molecule has 14 nitrogen and oxygen atoms in total. The van der Waals surface area contributed by atoms with Gasteiger partial charge in [0.05, 0.1) is 49.8 Å². The molecule has 2 N–H and O–H groups in total. The average Bonchev–Trinajstić information content (AvgIpc) is 3.77. The van der Waals surface area contributed by atoms with E-state index in [1.165, 1.54) is 14.2 Å². The van der Waals surface area contributed by atoms with Crippen molar-refractivity contribution in [3.8, 4) is 5.75 Å². The van der Waals surface area contributed by atoms with E-state index in [9.17, 15) is 42.3 Å². The number of amides is 3. The standard InChI is InChI=1S/C48H74N4O9.C2HF3O/c1-13-32(6)44(51(9)47(57)37(30(2)3)27-40(54)43(31(4)5)50(8)29-35-21-23-36(53)24-22-35)41(59-10)28-42(55)52-25-17-20-39(52)45(60-11)33(7)46(56)49-38(48(58)61-12)26-34-18-15-14-16-19-34;3-2(4,5)1-6/h14-16,18-19,21-24,30-33,37-39,41,43-45,53H,13,17,20,25-29H2,1-12H3,(H,49,56);1H/t32-,33+,37-,38-,39-,41+,43-,44-,45+;/m0./s1. The van der Waals surface area contributed by atoms with Crippen LogP contribution >= 0.6 is 0 Å². The van der Waals surface area contributed by atoms with Gasteiger partial charge in [0.2, 0.25) is 24.0 Å². The predicted molar refractivity (Wildman–Crippen MR) is 248 cm³/mol. The molecule has 67 heavy (non-hydrogen) atoms. The number of esters is 1. The molecule has 9 atom stereocenters. The lowest BCUT2D eigenvalue weighted by atomic mass is 9.83. The highest BCUT2D eigenvalue weighted by Gasteiger charge is 2.44. The van der Waals surface area contributed by atoms with Gasteiger partial charge in [-0.25, -0.2) is 4.79 Å². The van der Waals surface area contributed by atoms with E-state index in [2.05, 4.69) is 5.32 Å². The lowest BCUT2D eigenvalue weighted by Crippen LogP contribution is -2.55. The summed E-state index contributed by atoms with van der Waals surface area (Å²) in [6.07, 6.45) is -4.61. The molecule has 17 heteroatoms. The molecule has 0 aromatic heterocycles. The number of alkyl halides is 3. The second-order valence-corrected chi connectivity index (χ2v) is 18.3. The Balaban J connectivity index is 0.00000240. The summed E-state index contributed by atoms with van der Waals surface area (Å²) in [5, 5.41) is 12.6. The van der Waals surface area contributed by atoms with Crippen molar-refractivity contribution in [3.05, 3.63) is 65.7 Å². The molecule has 2 aromatic rings. The normalized spacial score (nSPS) is 17.6. The predicted octanol–water partition coefficient (Wildman–Crippen LogP) is 6.65. The Kier molecular flexibility index (Phi) is 24.2. The van der Waals surface area contributed by atoms with Crippen molar-refractivity contribution in [1.29, 1.82) is 0 Å². The number of methoxy groups -OCH3 is 3. The summed E-state index contributed by atoms with van der Waals surface area (Å²) in [4.78, 5) is 83.7. The number of halogens is 3. The van der Waals surface area contributed by atoms with E-state index in [-0.39, 0.29) is 66.3 Å². The number of phenols is 1. The molecular weight excluding hydrogens is 874 g/mol. The number of nitrogens with one attached hydrogen (secondary N) is 1. The first-order valence-corrected chi connectivity index (χ1v) is 23.0. The van der Waals surface area contributed by atoms with Crippen molar-refractivity contribution in [2.75, 3.05) is 42.0 Å². The Morgan fingerprint density at radius 2 is 1.48 bits per heavy atom. The quantitative estimate of drug-likeness (QED) is 0.0853. The van der Waals surface area contributed by atoms with Crippen LogP contribution in [0.3, 0.4) is 0 Å². The zero-order chi connectivity index (χ0) is 50.8. The summed E-state index contributed by atoms with van der Waals surface area (Å²) in [5.41, 5.74) is 1.84. The SMILES string of the molecule is CC[C@H](C)[C@@H]([C@@H](CC(=O)N1CCC[C@H]1[C@H](OC)[C@@H](C)C(=O)N[C@@H](Cc1ccccc1)C(=O)OC)OC)N(C)C(=O)[C@@H](CC(=O)[C@H](C(C)C)N(C)Cc1ccc(O)cc1)C(C)C.O=CC(F)(F)F. The van der Waals surface area contributed by atoms with E-state index in [1.807, 2.05) is 96.0 Å². The van der Waals surface area contributed by atoms with Gasteiger partial charge in [-0.05, 0) is 60.9 Å². The first-order chi connectivity index (χ1) is 31.5. The van der Waals surface area contributed by atoms with Crippen molar-refractivity contribution < 1.29 is 61.3 Å². The van der Waals surface area contributed by atoms with Crippen molar-refractivity contribution in [2.45, 2.75) is 136 Å². The number of nitrogens with zero attached hydrogens (tertiary/aromatic N) is 3. The number of hydrogen-bond acceptors (Lipinski definition) is 11. The highest BCUT2D eigenvalue weighted by molar-refractivity contribution is 5.90. The van der Waals surface area contributed by atoms with Crippen LogP contribution in [0.4, 0.5) is 13.2 Å². The lowest BCUT2D eigenvalue weighted by Gasteiger charge is -2.41. The number of likely N-dealkylation sites (tertiary alicyclic amines) is 1. The molecule has 0 saturated carbocycles. The number of aldehydes is 1. The van der Waals surface area contributed by atoms with Crippen LogP contribution in [-0.2, 0) is 55.9 Å². The number of rotatable bonds is 24. The van der Waals surface area contributed by atoms with Crippen LogP contribution in [0.5, 0.6) is 5.75 Å². The van der Waals surface area contributed by atoms with E-state index in [1.54, 1.807) is 43.0 Å². The average molecular weight is 949 g/mol. The Morgan fingerprint density at radius 1 is 0.881 bits per heavy atom. The Hall–Kier alpha value is -4.87. The third-order valence-electron chi connectivity index (χ3n) is 12.8. The van der Waals surface area contributed by atoms with E-state index < -0.39 is 66.6 Å². The smallest absolute Gasteiger partial charge is 0.446 e. The van der Waals surface area contributed by atoms with Gasteiger partial charge in [-0.15, -0.1) is 0 Å². The van der Waals surface area contributed by atoms with Gasteiger partial charge in [-0.3, -0.25) is 28.9 Å². The third kappa shape index (κ3) is 17.6. The van der Waals surface area contributed by atoms with Gasteiger partial charge in [-0.2, -0.15) is 13.2 Å². The lowest BCUT2D eigenvalue weighted by molar-refractivity contribution is -0.156. The number of ether oxygens (including phenoxy) is 3. The van der Waals surface area contributed by atoms with Gasteiger partial charge in [0, 0.05) is 53.1 Å². The number of hydrogen-bond donors (Lipinski definition) is 2. The highest BCUT2D eigenvalue weighted by atomic mass is 19.4. The molecule has 3 amide bonds. The van der Waals surface area contributed by atoms with E-state index in [4.69, 9.17) is 19.0 Å². The second kappa shape index (κ2) is 27.8. The number of aromatic hydroxyl groups is 1. The molecule has 3 rings (SSSR count). The van der Waals surface area contributed by atoms with Crippen molar-refractivity contribution in [2.24, 2.45) is 29.6 Å². The van der Waals surface area contributed by atoms with E-state index in [0.717, 1.165) is 24.0 Å². The number of carbonyl (C=O) groups excluding carboxylic acids is 6.